The maximum atomic E-state index is 13.1. The average Bonchev–Trinajstić information content (AvgIpc) is 3.18. The van der Waals surface area contributed by atoms with Gasteiger partial charge < -0.3 is 9.47 Å². The van der Waals surface area contributed by atoms with Crippen LogP contribution < -0.4 is 14.4 Å². The third-order valence-electron chi connectivity index (χ3n) is 6.76. The topological polar surface area (TPSA) is 90.0 Å². The van der Waals surface area contributed by atoms with Gasteiger partial charge in [-0.2, -0.15) is 0 Å². The first-order chi connectivity index (χ1) is 17.9. The van der Waals surface area contributed by atoms with Gasteiger partial charge in [-0.3, -0.25) is 14.4 Å². The number of fused-ring (bicyclic) bond motifs is 1. The van der Waals surface area contributed by atoms with Crippen molar-refractivity contribution in [3.8, 4) is 11.5 Å². The summed E-state index contributed by atoms with van der Waals surface area (Å²) >= 11 is 6.18. The fourth-order valence-electron chi connectivity index (χ4n) is 4.86. The Bertz CT molecular complexity index is 1330. The maximum Gasteiger partial charge on any atom is 0.343 e. The smallest absolute Gasteiger partial charge is 0.343 e. The lowest BCUT2D eigenvalue weighted by Gasteiger charge is -2.19. The number of ether oxygens (including phenoxy) is 2. The van der Waals surface area contributed by atoms with Gasteiger partial charge in [-0.05, 0) is 67.4 Å². The van der Waals surface area contributed by atoms with Gasteiger partial charge in [0.25, 0.3) is 0 Å². The second-order valence-corrected chi connectivity index (χ2v) is 9.55. The van der Waals surface area contributed by atoms with Crippen LogP contribution in [0.4, 0.5) is 5.69 Å². The van der Waals surface area contributed by atoms with Crippen LogP contribution in [0, 0.1) is 11.8 Å². The fraction of sp³-hybridized carbons (Fsp3) is 0.241. The van der Waals surface area contributed by atoms with E-state index in [1.54, 1.807) is 54.6 Å². The Morgan fingerprint density at radius 3 is 2.14 bits per heavy atom. The molecule has 0 radical (unpaired) electrons. The van der Waals surface area contributed by atoms with Crippen molar-refractivity contribution in [2.24, 2.45) is 11.8 Å². The summed E-state index contributed by atoms with van der Waals surface area (Å²) in [7, 11) is 0. The Morgan fingerprint density at radius 2 is 1.49 bits per heavy atom. The van der Waals surface area contributed by atoms with E-state index in [4.69, 9.17) is 21.1 Å². The number of ketones is 1. The molecule has 1 saturated heterocycles. The van der Waals surface area contributed by atoms with Crippen molar-refractivity contribution < 1.29 is 28.7 Å². The van der Waals surface area contributed by atoms with Gasteiger partial charge in [0.2, 0.25) is 11.8 Å². The van der Waals surface area contributed by atoms with Crippen LogP contribution in [0.1, 0.15) is 46.4 Å². The van der Waals surface area contributed by atoms with Crippen molar-refractivity contribution >= 4 is 40.9 Å². The molecule has 1 aliphatic heterocycles. The Kier molecular flexibility index (Phi) is 7.06. The Hall–Kier alpha value is -3.97. The van der Waals surface area contributed by atoms with Gasteiger partial charge in [0.15, 0.2) is 12.4 Å². The molecule has 2 atom stereocenters. The van der Waals surface area contributed by atoms with E-state index in [9.17, 15) is 19.2 Å². The van der Waals surface area contributed by atoms with E-state index in [2.05, 4.69) is 0 Å². The molecule has 5 rings (SSSR count). The molecule has 2 fully saturated rings. The fourth-order valence-corrected chi connectivity index (χ4v) is 5.03. The highest BCUT2D eigenvalue weighted by molar-refractivity contribution is 6.31. The molecule has 3 aromatic carbocycles. The highest BCUT2D eigenvalue weighted by atomic mass is 35.5. The second kappa shape index (κ2) is 10.6. The van der Waals surface area contributed by atoms with Crippen LogP contribution in [-0.2, 0) is 9.59 Å². The number of anilines is 1. The summed E-state index contributed by atoms with van der Waals surface area (Å²) in [5, 5.41) is 0.352. The molecular formula is C29H24ClNO6. The summed E-state index contributed by atoms with van der Waals surface area (Å²) in [6.07, 6.45) is 3.23. The molecule has 3 aromatic rings. The molecular weight excluding hydrogens is 494 g/mol. The van der Waals surface area contributed by atoms with Crippen molar-refractivity contribution in [2.45, 2.75) is 25.7 Å². The van der Waals surface area contributed by atoms with Crippen molar-refractivity contribution in [3.05, 3.63) is 88.9 Å². The number of halogens is 1. The molecule has 0 spiro atoms. The molecule has 0 bridgehead atoms. The van der Waals surface area contributed by atoms with Crippen LogP contribution in [0.5, 0.6) is 11.5 Å². The van der Waals surface area contributed by atoms with Crippen LogP contribution in [0.3, 0.4) is 0 Å². The summed E-state index contributed by atoms with van der Waals surface area (Å²) in [5.41, 5.74) is 1.03. The Balaban J connectivity index is 1.27. The number of benzene rings is 3. The number of amides is 2. The number of hydrogen-bond acceptors (Lipinski definition) is 6. The largest absolute Gasteiger partial charge is 0.483 e. The minimum absolute atomic E-state index is 0.228. The number of carbonyl (C=O) groups excluding carboxylic acids is 4. The molecule has 1 heterocycles. The highest BCUT2D eigenvalue weighted by Gasteiger charge is 2.49. The lowest BCUT2D eigenvalue weighted by Crippen LogP contribution is -2.31. The minimum atomic E-state index is -0.496. The van der Waals surface area contributed by atoms with E-state index in [0.29, 0.717) is 34.7 Å². The van der Waals surface area contributed by atoms with E-state index in [0.717, 1.165) is 12.8 Å². The predicted molar refractivity (Wildman–Crippen MR) is 137 cm³/mol. The highest BCUT2D eigenvalue weighted by Crippen LogP contribution is 2.43. The molecule has 0 aromatic heterocycles. The molecule has 2 aliphatic rings. The molecule has 0 N–H and O–H groups in total. The number of hydrogen-bond donors (Lipinski definition) is 0. The third-order valence-corrected chi connectivity index (χ3v) is 6.99. The van der Waals surface area contributed by atoms with E-state index >= 15 is 0 Å². The Morgan fingerprint density at radius 1 is 0.838 bits per heavy atom. The summed E-state index contributed by atoms with van der Waals surface area (Å²) < 4.78 is 11.1. The summed E-state index contributed by atoms with van der Waals surface area (Å²) in [5.74, 6) is -1.40. The minimum Gasteiger partial charge on any atom is -0.483 e. The zero-order valence-electron chi connectivity index (χ0n) is 19.9. The van der Waals surface area contributed by atoms with Gasteiger partial charge in [-0.1, -0.05) is 42.6 Å². The van der Waals surface area contributed by atoms with E-state index in [1.807, 2.05) is 0 Å². The summed E-state index contributed by atoms with van der Waals surface area (Å²) in [4.78, 5) is 52.3. The zero-order chi connectivity index (χ0) is 25.9. The number of carbonyl (C=O) groups is 4. The molecule has 0 unspecified atom stereocenters. The van der Waals surface area contributed by atoms with Gasteiger partial charge >= 0.3 is 5.97 Å². The van der Waals surface area contributed by atoms with Crippen LogP contribution >= 0.6 is 11.6 Å². The predicted octanol–water partition coefficient (Wildman–Crippen LogP) is 5.50. The summed E-state index contributed by atoms with van der Waals surface area (Å²) in [6.45, 7) is -0.319. The van der Waals surface area contributed by atoms with E-state index < -0.39 is 5.97 Å². The van der Waals surface area contributed by atoms with Crippen molar-refractivity contribution in [2.75, 3.05) is 11.5 Å². The lowest BCUT2D eigenvalue weighted by molar-refractivity contribution is -0.122. The van der Waals surface area contributed by atoms with Gasteiger partial charge in [-0.15, -0.1) is 0 Å². The number of Topliss-reactive ketones (excluding diaryl/α,β-unsaturated/α-hetero) is 1. The molecule has 37 heavy (non-hydrogen) atoms. The van der Waals surface area contributed by atoms with Crippen LogP contribution in [0.15, 0.2) is 72.8 Å². The number of nitrogens with zero attached hydrogens (tertiary/aromatic N) is 1. The number of esters is 1. The second-order valence-electron chi connectivity index (χ2n) is 9.11. The van der Waals surface area contributed by atoms with Crippen molar-refractivity contribution in [1.29, 1.82) is 0 Å². The quantitative estimate of drug-likeness (QED) is 0.178. The summed E-state index contributed by atoms with van der Waals surface area (Å²) in [6, 6.07) is 19.4. The van der Waals surface area contributed by atoms with Crippen LogP contribution in [0.25, 0.3) is 0 Å². The standard InChI is InChI=1S/C29H24ClNO6/c30-20-12-15-26(24(16-20)31-27(33)22-8-4-5-9-23(22)28(31)34)36-17-25(32)18-10-13-21(14-11-18)37-29(35)19-6-2-1-3-7-19/h1-3,6-7,10-16,22-23H,4-5,8-9,17H2/t22-,23-/m1/s1. The van der Waals surface area contributed by atoms with Crippen LogP contribution in [0.2, 0.25) is 5.02 Å². The maximum absolute atomic E-state index is 13.1. The first-order valence-corrected chi connectivity index (χ1v) is 12.5. The molecule has 7 nitrogen and oxygen atoms in total. The van der Waals surface area contributed by atoms with Gasteiger partial charge in [0, 0.05) is 10.6 Å². The first kappa shape index (κ1) is 24.7. The first-order valence-electron chi connectivity index (χ1n) is 12.1. The van der Waals surface area contributed by atoms with Gasteiger partial charge in [-0.25, -0.2) is 9.69 Å². The van der Waals surface area contributed by atoms with E-state index in [1.165, 1.54) is 23.1 Å². The normalized spacial score (nSPS) is 18.9. The van der Waals surface area contributed by atoms with Crippen molar-refractivity contribution in [1.82, 2.24) is 0 Å². The molecule has 2 amide bonds. The number of imide groups is 1. The van der Waals surface area contributed by atoms with Gasteiger partial charge in [0.05, 0.1) is 23.1 Å². The van der Waals surface area contributed by atoms with Crippen molar-refractivity contribution in [3.63, 3.8) is 0 Å². The molecule has 8 heteroatoms. The van der Waals surface area contributed by atoms with Crippen LogP contribution in [-0.4, -0.2) is 30.2 Å². The SMILES string of the molecule is O=C(COc1ccc(Cl)cc1N1C(=O)[C@@H]2CCCC[C@H]2C1=O)c1ccc(OC(=O)c2ccccc2)cc1. The third kappa shape index (κ3) is 5.13. The molecule has 1 aliphatic carbocycles. The monoisotopic (exact) mass is 517 g/mol. The zero-order valence-corrected chi connectivity index (χ0v) is 20.6. The average molecular weight is 518 g/mol. The molecule has 1 saturated carbocycles. The lowest BCUT2D eigenvalue weighted by atomic mass is 9.81. The Labute approximate surface area is 218 Å². The molecule has 188 valence electrons. The van der Waals surface area contributed by atoms with E-state index in [-0.39, 0.29) is 47.5 Å². The number of rotatable bonds is 7. The van der Waals surface area contributed by atoms with Gasteiger partial charge in [0.1, 0.15) is 11.5 Å².